The van der Waals surface area contributed by atoms with Crippen molar-refractivity contribution < 1.29 is 47.7 Å². The van der Waals surface area contributed by atoms with Gasteiger partial charge < -0.3 is 70.5 Å². The zero-order valence-electron chi connectivity index (χ0n) is 42.0. The number of hydrogen-bond donors (Lipinski definition) is 14. The number of imidazole rings is 1. The molecule has 25 heteroatoms. The third kappa shape index (κ3) is 18.9. The average molecular weight is 1040 g/mol. The maximum Gasteiger partial charge on any atom is 0.247 e. The van der Waals surface area contributed by atoms with Crippen molar-refractivity contribution in [3.05, 3.63) is 90.6 Å². The van der Waals surface area contributed by atoms with Crippen LogP contribution in [0, 0.1) is 0 Å². The van der Waals surface area contributed by atoms with Gasteiger partial charge in [0.2, 0.25) is 59.5 Å². The first-order valence-electron chi connectivity index (χ1n) is 25.0. The van der Waals surface area contributed by atoms with E-state index in [2.05, 4.69) is 57.5 Å². The number of unbranched alkanes of at least 4 members (excludes halogenated alkanes) is 1. The summed E-state index contributed by atoms with van der Waals surface area (Å²) in [4.78, 5) is 135. The lowest BCUT2D eigenvalue weighted by Crippen LogP contribution is -2.62. The van der Waals surface area contributed by atoms with Gasteiger partial charge in [-0.05, 0) is 75.1 Å². The van der Waals surface area contributed by atoms with Gasteiger partial charge in [0.05, 0.1) is 0 Å². The molecule has 3 heterocycles. The first kappa shape index (κ1) is 57.5. The summed E-state index contributed by atoms with van der Waals surface area (Å²) >= 11 is 0. The Morgan fingerprint density at radius 3 is 2.13 bits per heavy atom. The van der Waals surface area contributed by atoms with E-state index in [4.69, 9.17) is 22.9 Å². The Morgan fingerprint density at radius 2 is 1.44 bits per heavy atom. The van der Waals surface area contributed by atoms with Gasteiger partial charge in [-0.2, -0.15) is 0 Å². The zero-order valence-corrected chi connectivity index (χ0v) is 42.0. The van der Waals surface area contributed by atoms with Crippen LogP contribution in [0.15, 0.2) is 84.5 Å². The summed E-state index contributed by atoms with van der Waals surface area (Å²) in [6.45, 7) is 1.49. The van der Waals surface area contributed by atoms with E-state index in [0.29, 0.717) is 30.5 Å². The van der Waals surface area contributed by atoms with Crippen LogP contribution in [0.4, 0.5) is 0 Å². The predicted octanol–water partition coefficient (Wildman–Crippen LogP) is -2.96. The number of carbonyl (C=O) groups is 9. The van der Waals surface area contributed by atoms with Crippen LogP contribution in [0.1, 0.15) is 75.8 Å². The van der Waals surface area contributed by atoms with E-state index in [9.17, 15) is 43.2 Å². The topological polar surface area (TPSA) is 402 Å². The van der Waals surface area contributed by atoms with Crippen LogP contribution < -0.4 is 70.0 Å². The second-order valence-corrected chi connectivity index (χ2v) is 18.3. The van der Waals surface area contributed by atoms with E-state index < -0.39 is 95.5 Å². The molecule has 0 radical (unpaired) electrons. The molecule has 0 bridgehead atoms. The summed E-state index contributed by atoms with van der Waals surface area (Å²) in [5.74, 6) is -6.88. The Balaban J connectivity index is 1.55. The number of nitrogens with two attached hydrogens (primary N) is 4. The summed E-state index contributed by atoms with van der Waals surface area (Å²) in [5, 5.41) is 22.5. The van der Waals surface area contributed by atoms with Crippen molar-refractivity contribution in [2.24, 2.45) is 27.9 Å². The number of carbonyl (C=O) groups excluding carboxylic acids is 9. The summed E-state index contributed by atoms with van der Waals surface area (Å²) in [6.07, 6.45) is 7.15. The Labute approximate surface area is 433 Å². The molecule has 4 aromatic rings. The molecule has 5 rings (SSSR count). The molecule has 2 aromatic heterocycles. The van der Waals surface area contributed by atoms with E-state index in [0.717, 1.165) is 10.9 Å². The summed E-state index contributed by atoms with van der Waals surface area (Å²) in [5.41, 5.74) is 24.6. The highest BCUT2D eigenvalue weighted by molar-refractivity contribution is 5.98. The predicted molar refractivity (Wildman–Crippen MR) is 276 cm³/mol. The molecule has 7 atom stereocenters. The van der Waals surface area contributed by atoms with Gasteiger partial charge in [0.15, 0.2) is 5.96 Å². The lowest BCUT2D eigenvalue weighted by atomic mass is 10.0. The van der Waals surface area contributed by atoms with Gasteiger partial charge in [-0.25, -0.2) is 4.57 Å². The number of aromatic amines is 2. The van der Waals surface area contributed by atoms with E-state index in [1.54, 1.807) is 59.8 Å². The summed E-state index contributed by atoms with van der Waals surface area (Å²) < 4.78 is 1.58. The molecule has 25 nitrogen and oxygen atoms in total. The summed E-state index contributed by atoms with van der Waals surface area (Å²) in [6, 6.07) is 6.82. The van der Waals surface area contributed by atoms with Gasteiger partial charge in [-0.15, -0.1) is 0 Å². The number of aromatic nitrogens is 3. The average Bonchev–Trinajstić information content (AvgIpc) is 4.05. The molecular weight excluding hydrogens is 969 g/mol. The van der Waals surface area contributed by atoms with Crippen molar-refractivity contribution in [2.45, 2.75) is 126 Å². The third-order valence-corrected chi connectivity index (χ3v) is 12.4. The van der Waals surface area contributed by atoms with Gasteiger partial charge in [-0.3, -0.25) is 53.1 Å². The zero-order chi connectivity index (χ0) is 54.3. The molecule has 1 saturated heterocycles. The van der Waals surface area contributed by atoms with Crippen LogP contribution in [-0.2, 0) is 62.5 Å². The Bertz CT molecular complexity index is 2600. The van der Waals surface area contributed by atoms with Crippen LogP contribution in [0.25, 0.3) is 10.9 Å². The third-order valence-electron chi connectivity index (χ3n) is 12.4. The van der Waals surface area contributed by atoms with Gasteiger partial charge in [0.1, 0.15) is 61.2 Å². The number of guanidine groups is 1. The second kappa shape index (κ2) is 29.4. The van der Waals surface area contributed by atoms with Crippen LogP contribution in [-0.4, -0.2) is 131 Å². The van der Waals surface area contributed by atoms with E-state index in [-0.39, 0.29) is 83.4 Å². The SMILES string of the molecule is CC(=O)N[C@@H](CCCCN)C(=O)N[C@H]1CCCNC(=O)CC[C@@H](C(N)=O)NC(=O)[C@H](Cc2c[nH]c3ccccc23)NC(=O)[C@H](CCCN=C(N)N)NC(=O)[C@@H](Cc2ccccc2)NC(=O)[C@H](C[n+]2cc[nH]c2)NC1=O. The summed E-state index contributed by atoms with van der Waals surface area (Å²) in [7, 11) is 0. The minimum Gasteiger partial charge on any atom is -0.370 e. The number of nitrogens with one attached hydrogen (secondary N) is 10. The molecule has 75 heavy (non-hydrogen) atoms. The molecule has 9 amide bonds. The number of nitrogens with zero attached hydrogens (tertiary/aromatic N) is 2. The molecule has 1 fully saturated rings. The Morgan fingerprint density at radius 1 is 0.773 bits per heavy atom. The number of rotatable bonds is 18. The molecule has 0 aliphatic carbocycles. The Hall–Kier alpha value is -8.35. The number of H-pyrrole nitrogens is 2. The highest BCUT2D eigenvalue weighted by Crippen LogP contribution is 2.20. The monoisotopic (exact) mass is 1040 g/mol. The molecule has 0 saturated carbocycles. The maximum absolute atomic E-state index is 14.7. The molecule has 1 aliphatic rings. The maximum atomic E-state index is 14.7. The number of aliphatic imine (C=N–C) groups is 1. The van der Waals surface area contributed by atoms with Crippen molar-refractivity contribution in [1.29, 1.82) is 0 Å². The van der Waals surface area contributed by atoms with Gasteiger partial charge in [0, 0.05) is 56.4 Å². The van der Waals surface area contributed by atoms with Crippen LogP contribution in [0.5, 0.6) is 0 Å². The molecule has 1 aliphatic heterocycles. The van der Waals surface area contributed by atoms with Crippen molar-refractivity contribution in [3.8, 4) is 0 Å². The Kier molecular flexibility index (Phi) is 22.5. The van der Waals surface area contributed by atoms with Gasteiger partial charge in [-0.1, -0.05) is 48.5 Å². The normalized spacial score (nSPS) is 21.2. The molecule has 0 unspecified atom stereocenters. The minimum absolute atomic E-state index is 0.0110. The highest BCUT2D eigenvalue weighted by Gasteiger charge is 2.35. The number of fused-ring (bicyclic) bond motifs is 1. The van der Waals surface area contributed by atoms with E-state index in [1.165, 1.54) is 6.92 Å². The van der Waals surface area contributed by atoms with Crippen LogP contribution in [0.3, 0.4) is 0 Å². The molecule has 0 spiro atoms. The van der Waals surface area contributed by atoms with E-state index in [1.807, 2.05) is 24.3 Å². The van der Waals surface area contributed by atoms with Crippen molar-refractivity contribution in [3.63, 3.8) is 0 Å². The number of hydrogen-bond acceptors (Lipinski definition) is 11. The van der Waals surface area contributed by atoms with Crippen molar-refractivity contribution in [2.75, 3.05) is 19.6 Å². The smallest absolute Gasteiger partial charge is 0.247 e. The fourth-order valence-corrected chi connectivity index (χ4v) is 8.49. The number of amides is 9. The number of primary amides is 1. The van der Waals surface area contributed by atoms with E-state index >= 15 is 0 Å². The van der Waals surface area contributed by atoms with Gasteiger partial charge >= 0.3 is 0 Å². The first-order chi connectivity index (χ1) is 36.0. The number of para-hydroxylation sites is 1. The quantitative estimate of drug-likeness (QED) is 0.0206. The van der Waals surface area contributed by atoms with Crippen molar-refractivity contribution >= 4 is 70.0 Å². The highest BCUT2D eigenvalue weighted by atomic mass is 16.2. The fraction of sp³-hybridized carbons (Fsp3) is 0.460. The fourth-order valence-electron chi connectivity index (χ4n) is 8.49. The van der Waals surface area contributed by atoms with Crippen LogP contribution in [0.2, 0.25) is 0 Å². The second-order valence-electron chi connectivity index (χ2n) is 18.3. The molecule has 2 aromatic carbocycles. The van der Waals surface area contributed by atoms with Gasteiger partial charge in [0.25, 0.3) is 0 Å². The standard InChI is InChI=1S/C50H70N16O9/c1-30(67)59-36(15-7-8-20-51)44(70)61-38-16-9-21-56-42(68)19-18-35(43(52)69)60-48(74)40(26-32-27-58-34-14-6-5-13-33(32)34)64-45(71)37(17-10-22-57-50(53)54)62-47(73)39(25-31-11-3-2-4-12-31)63-49(75)41(65-46(38)72)28-66-24-23-55-29-66/h2-6,11-14,23-24,27,29,35-41,58H,7-10,15-22,25-26,28,51H2,1H3,(H14,52,53,54,56,57,59,60,61,62,63,64,65,67,68,69,70,71,72,73,74,75)/p+1/t35-,36-,37-,38-,39+,40-,41-/m0/s1. The lowest BCUT2D eigenvalue weighted by molar-refractivity contribution is -0.696. The molecule has 404 valence electrons. The molecule has 18 N–H and O–H groups in total. The lowest BCUT2D eigenvalue weighted by Gasteiger charge is -2.27. The molecular formula is C50H71N16O9+. The van der Waals surface area contributed by atoms with Crippen LogP contribution >= 0.6 is 0 Å². The van der Waals surface area contributed by atoms with Crippen molar-refractivity contribution in [1.82, 2.24) is 52.5 Å². The minimum atomic E-state index is -1.39. The largest absolute Gasteiger partial charge is 0.370 e. The number of benzene rings is 2. The first-order valence-corrected chi connectivity index (χ1v) is 25.0.